The van der Waals surface area contributed by atoms with E-state index in [1.165, 1.54) is 18.2 Å². The summed E-state index contributed by atoms with van der Waals surface area (Å²) in [5.41, 5.74) is 0.446. The maximum absolute atomic E-state index is 14.0. The van der Waals surface area contributed by atoms with Gasteiger partial charge in [-0.05, 0) is 50.0 Å². The lowest BCUT2D eigenvalue weighted by atomic mass is 9.92. The molecule has 2 N–H and O–H groups in total. The van der Waals surface area contributed by atoms with Gasteiger partial charge in [-0.25, -0.2) is 8.78 Å². The van der Waals surface area contributed by atoms with Crippen molar-refractivity contribution in [3.8, 4) is 0 Å². The molecule has 142 valence electrons. The van der Waals surface area contributed by atoms with E-state index in [1.807, 2.05) is 6.08 Å². The maximum Gasteiger partial charge on any atom is 0.211 e. The molecule has 2 atom stereocenters. The average Bonchev–Trinajstić information content (AvgIpc) is 3.03. The highest BCUT2D eigenvalue weighted by molar-refractivity contribution is 6.32. The molecule has 0 aliphatic carbocycles. The first-order valence-corrected chi connectivity index (χ1v) is 8.80. The molecule has 0 spiro atoms. The Morgan fingerprint density at radius 1 is 1.35 bits per heavy atom. The van der Waals surface area contributed by atoms with Gasteiger partial charge in [-0.2, -0.15) is 0 Å². The van der Waals surface area contributed by atoms with Crippen LogP contribution in [0.15, 0.2) is 70.5 Å². The summed E-state index contributed by atoms with van der Waals surface area (Å²) in [6, 6.07) is 0. The quantitative estimate of drug-likeness (QED) is 0.420. The molecule has 26 heavy (non-hydrogen) atoms. The Kier molecular flexibility index (Phi) is 10.2. The molecule has 1 aliphatic heterocycles. The zero-order chi connectivity index (χ0) is 19.5. The summed E-state index contributed by atoms with van der Waals surface area (Å²) in [5.74, 6) is -0.824. The van der Waals surface area contributed by atoms with Crippen molar-refractivity contribution in [3.63, 3.8) is 0 Å². The van der Waals surface area contributed by atoms with E-state index >= 15 is 0 Å². The fourth-order valence-electron chi connectivity index (χ4n) is 2.41. The SMILES string of the molecule is C=C(F)/C(Cl)=C\C=C/C[C@H]1CNC[C@H]1/C=C/C(F)=C(Cl)\C=C(/C)NC=O. The molecule has 1 rings (SSSR count). The molecule has 0 aromatic heterocycles. The second-order valence-electron chi connectivity index (χ2n) is 5.81. The second-order valence-corrected chi connectivity index (χ2v) is 6.62. The number of rotatable bonds is 9. The van der Waals surface area contributed by atoms with Crippen molar-refractivity contribution in [2.45, 2.75) is 13.3 Å². The minimum Gasteiger partial charge on any atom is -0.333 e. The smallest absolute Gasteiger partial charge is 0.211 e. The van der Waals surface area contributed by atoms with Gasteiger partial charge < -0.3 is 10.6 Å². The third kappa shape index (κ3) is 8.13. The molecule has 0 aromatic carbocycles. The third-order valence-electron chi connectivity index (χ3n) is 3.82. The van der Waals surface area contributed by atoms with E-state index in [1.54, 1.807) is 19.1 Å². The van der Waals surface area contributed by atoms with Crippen molar-refractivity contribution in [3.05, 3.63) is 70.5 Å². The summed E-state index contributed by atoms with van der Waals surface area (Å²) >= 11 is 11.5. The van der Waals surface area contributed by atoms with Crippen LogP contribution in [0.5, 0.6) is 0 Å². The van der Waals surface area contributed by atoms with Crippen LogP contribution in [0.1, 0.15) is 13.3 Å². The molecular formula is C19H22Cl2F2N2O. The van der Waals surface area contributed by atoms with E-state index in [0.29, 0.717) is 12.1 Å². The normalized spacial score (nSPS) is 22.8. The van der Waals surface area contributed by atoms with Crippen LogP contribution in [0, 0.1) is 11.8 Å². The number of nitrogens with one attached hydrogen (secondary N) is 2. The van der Waals surface area contributed by atoms with Crippen molar-refractivity contribution in [2.24, 2.45) is 11.8 Å². The minimum absolute atomic E-state index is 0.0310. The van der Waals surface area contributed by atoms with Crippen molar-refractivity contribution in [1.29, 1.82) is 0 Å². The molecule has 0 bridgehead atoms. The van der Waals surface area contributed by atoms with Crippen LogP contribution in [0.3, 0.4) is 0 Å². The highest BCUT2D eigenvalue weighted by atomic mass is 35.5. The number of halogens is 4. The Hall–Kier alpha value is -1.69. The first-order valence-electron chi connectivity index (χ1n) is 8.05. The van der Waals surface area contributed by atoms with Gasteiger partial charge in [-0.1, -0.05) is 48.0 Å². The standard InChI is InChI=1S/C19H22Cl2F2N2O/c1-13(25-12-26)9-18(21)19(23)8-7-16-11-24-10-15(16)5-3-4-6-17(20)14(2)22/h3-4,6-9,12,15-16,24H,2,5,10-11H2,1H3,(H,25,26)/b4-3-,8-7+,13-9+,17-6+,19-18-/t15-,16+/m0/s1. The van der Waals surface area contributed by atoms with Crippen LogP contribution in [-0.2, 0) is 4.79 Å². The van der Waals surface area contributed by atoms with Gasteiger partial charge in [0.2, 0.25) is 6.41 Å². The molecule has 0 aromatic rings. The lowest BCUT2D eigenvalue weighted by molar-refractivity contribution is -0.108. The Morgan fingerprint density at radius 2 is 2.08 bits per heavy atom. The van der Waals surface area contributed by atoms with Gasteiger partial charge in [0.05, 0.1) is 10.1 Å². The van der Waals surface area contributed by atoms with Crippen molar-refractivity contribution in [2.75, 3.05) is 13.1 Å². The molecule has 1 amide bonds. The van der Waals surface area contributed by atoms with Crippen LogP contribution in [0.4, 0.5) is 8.78 Å². The molecule has 3 nitrogen and oxygen atoms in total. The summed E-state index contributed by atoms with van der Waals surface area (Å²) < 4.78 is 26.8. The van der Waals surface area contributed by atoms with Crippen molar-refractivity contribution < 1.29 is 13.6 Å². The fourth-order valence-corrected chi connectivity index (χ4v) is 2.71. The van der Waals surface area contributed by atoms with Gasteiger partial charge in [0.15, 0.2) is 0 Å². The predicted molar refractivity (Wildman–Crippen MR) is 104 cm³/mol. The van der Waals surface area contributed by atoms with E-state index in [4.69, 9.17) is 23.2 Å². The lowest BCUT2D eigenvalue weighted by Gasteiger charge is -2.12. The van der Waals surface area contributed by atoms with E-state index < -0.39 is 11.7 Å². The van der Waals surface area contributed by atoms with Gasteiger partial charge >= 0.3 is 0 Å². The summed E-state index contributed by atoms with van der Waals surface area (Å²) in [5, 5.41) is 5.54. The Balaban J connectivity index is 2.67. The molecule has 1 aliphatic rings. The lowest BCUT2D eigenvalue weighted by Crippen LogP contribution is -2.09. The summed E-state index contributed by atoms with van der Waals surface area (Å²) in [7, 11) is 0. The van der Waals surface area contributed by atoms with Crippen LogP contribution < -0.4 is 10.6 Å². The topological polar surface area (TPSA) is 41.1 Å². The van der Waals surface area contributed by atoms with Crippen LogP contribution in [0.2, 0.25) is 0 Å². The summed E-state index contributed by atoms with van der Waals surface area (Å²) in [6.45, 7) is 6.25. The Labute approximate surface area is 162 Å². The van der Waals surface area contributed by atoms with E-state index in [2.05, 4.69) is 17.2 Å². The number of carbonyl (C=O) groups excluding carboxylic acids is 1. The van der Waals surface area contributed by atoms with Crippen molar-refractivity contribution >= 4 is 29.6 Å². The number of allylic oxidation sites excluding steroid dienone is 10. The summed E-state index contributed by atoms with van der Waals surface area (Å²) in [4.78, 5) is 10.3. The van der Waals surface area contributed by atoms with Crippen LogP contribution in [-0.4, -0.2) is 19.5 Å². The first kappa shape index (κ1) is 22.4. The zero-order valence-corrected chi connectivity index (χ0v) is 16.0. The molecule has 1 fully saturated rings. The van der Waals surface area contributed by atoms with Gasteiger partial charge in [-0.3, -0.25) is 4.79 Å². The average molecular weight is 403 g/mol. The van der Waals surface area contributed by atoms with Gasteiger partial charge in [0, 0.05) is 12.2 Å². The molecule has 7 heteroatoms. The third-order valence-corrected chi connectivity index (χ3v) is 4.44. The van der Waals surface area contributed by atoms with Gasteiger partial charge in [0.25, 0.3) is 0 Å². The number of hydrogen-bond donors (Lipinski definition) is 2. The van der Waals surface area contributed by atoms with E-state index in [9.17, 15) is 13.6 Å². The maximum atomic E-state index is 14.0. The van der Waals surface area contributed by atoms with E-state index in [-0.39, 0.29) is 21.9 Å². The molecular weight excluding hydrogens is 381 g/mol. The van der Waals surface area contributed by atoms with Crippen molar-refractivity contribution in [1.82, 2.24) is 10.6 Å². The zero-order valence-electron chi connectivity index (χ0n) is 14.4. The van der Waals surface area contributed by atoms with Gasteiger partial charge in [0.1, 0.15) is 11.7 Å². The highest BCUT2D eigenvalue weighted by Crippen LogP contribution is 2.24. The Bertz CT molecular complexity index is 666. The molecule has 0 saturated carbocycles. The molecule has 1 heterocycles. The molecule has 0 unspecified atom stereocenters. The minimum atomic E-state index is -0.675. The molecule has 1 saturated heterocycles. The fraction of sp³-hybridized carbons (Fsp3) is 0.316. The number of carbonyl (C=O) groups is 1. The number of hydrogen-bond acceptors (Lipinski definition) is 2. The largest absolute Gasteiger partial charge is 0.333 e. The van der Waals surface area contributed by atoms with Gasteiger partial charge in [-0.15, -0.1) is 0 Å². The predicted octanol–water partition coefficient (Wildman–Crippen LogP) is 5.00. The highest BCUT2D eigenvalue weighted by Gasteiger charge is 2.23. The summed E-state index contributed by atoms with van der Waals surface area (Å²) in [6.07, 6.45) is 10.7. The second kappa shape index (κ2) is 11.8. The van der Waals surface area contributed by atoms with Crippen LogP contribution in [0.25, 0.3) is 0 Å². The monoisotopic (exact) mass is 402 g/mol. The van der Waals surface area contributed by atoms with E-state index in [0.717, 1.165) is 19.5 Å². The first-order chi connectivity index (χ1) is 12.3. The Morgan fingerprint density at radius 3 is 2.73 bits per heavy atom. The van der Waals surface area contributed by atoms with Crippen LogP contribution >= 0.6 is 23.2 Å². The number of amides is 1. The molecule has 0 radical (unpaired) electrons.